The highest BCUT2D eigenvalue weighted by molar-refractivity contribution is 7.98. The van der Waals surface area contributed by atoms with E-state index in [0.29, 0.717) is 12.1 Å². The number of nitrogens with one attached hydrogen (secondary N) is 1. The molecule has 7 heteroatoms. The molecule has 0 aliphatic rings. The van der Waals surface area contributed by atoms with Gasteiger partial charge in [0.1, 0.15) is 0 Å². The highest BCUT2D eigenvalue weighted by atomic mass is 35.5. The molecule has 0 saturated heterocycles. The van der Waals surface area contributed by atoms with Crippen LogP contribution in [0.4, 0.5) is 5.69 Å². The SMILES string of the molecule is CSCC[C@H](N)C(=O)N(C)CC(=O)Nc1ccccc1.Cl. The highest BCUT2D eigenvalue weighted by Gasteiger charge is 2.19. The van der Waals surface area contributed by atoms with Crippen LogP contribution < -0.4 is 11.1 Å². The third-order valence-electron chi connectivity index (χ3n) is 2.76. The summed E-state index contributed by atoms with van der Waals surface area (Å²) in [5.74, 6) is 0.392. The lowest BCUT2D eigenvalue weighted by Crippen LogP contribution is -2.45. The number of nitrogens with two attached hydrogens (primary N) is 1. The predicted octanol–water partition coefficient (Wildman–Crippen LogP) is 1.59. The van der Waals surface area contributed by atoms with Crippen molar-refractivity contribution in [3.8, 4) is 0 Å². The van der Waals surface area contributed by atoms with Gasteiger partial charge in [-0.3, -0.25) is 9.59 Å². The van der Waals surface area contributed by atoms with Crippen molar-refractivity contribution >= 4 is 41.7 Å². The normalized spacial score (nSPS) is 11.2. The van der Waals surface area contributed by atoms with Gasteiger partial charge in [-0.25, -0.2) is 0 Å². The Balaban J connectivity index is 0.00000400. The molecule has 2 amide bonds. The largest absolute Gasteiger partial charge is 0.335 e. The molecule has 21 heavy (non-hydrogen) atoms. The quantitative estimate of drug-likeness (QED) is 0.795. The molecule has 3 N–H and O–H groups in total. The molecule has 0 unspecified atom stereocenters. The maximum atomic E-state index is 11.9. The zero-order valence-electron chi connectivity index (χ0n) is 12.2. The van der Waals surface area contributed by atoms with E-state index in [9.17, 15) is 9.59 Å². The summed E-state index contributed by atoms with van der Waals surface area (Å²) in [6.45, 7) is 0.000690. The number of thioether (sulfide) groups is 1. The average molecular weight is 332 g/mol. The Morgan fingerprint density at radius 3 is 2.52 bits per heavy atom. The molecule has 1 rings (SSSR count). The molecule has 0 radical (unpaired) electrons. The molecule has 5 nitrogen and oxygen atoms in total. The number of halogens is 1. The number of likely N-dealkylation sites (N-methyl/N-ethyl adjacent to an activating group) is 1. The van der Waals surface area contributed by atoms with Crippen LogP contribution in [0, 0.1) is 0 Å². The summed E-state index contributed by atoms with van der Waals surface area (Å²) in [5, 5.41) is 2.73. The van der Waals surface area contributed by atoms with Crippen LogP contribution in [0.15, 0.2) is 30.3 Å². The summed E-state index contributed by atoms with van der Waals surface area (Å²) < 4.78 is 0. The van der Waals surface area contributed by atoms with E-state index < -0.39 is 6.04 Å². The van der Waals surface area contributed by atoms with Crippen LogP contribution in [-0.2, 0) is 9.59 Å². The summed E-state index contributed by atoms with van der Waals surface area (Å²) in [4.78, 5) is 25.1. The third kappa shape index (κ3) is 7.36. The molecule has 0 heterocycles. The fraction of sp³-hybridized carbons (Fsp3) is 0.429. The second-order valence-corrected chi connectivity index (χ2v) is 5.48. The summed E-state index contributed by atoms with van der Waals surface area (Å²) in [6.07, 6.45) is 2.58. The number of benzene rings is 1. The van der Waals surface area contributed by atoms with Crippen LogP contribution >= 0.6 is 24.2 Å². The Bertz CT molecular complexity index is 445. The first kappa shape index (κ1) is 19.8. The van der Waals surface area contributed by atoms with Gasteiger partial charge in [-0.05, 0) is 30.6 Å². The maximum Gasteiger partial charge on any atom is 0.243 e. The fourth-order valence-electron chi connectivity index (χ4n) is 1.67. The van der Waals surface area contributed by atoms with E-state index in [2.05, 4.69) is 5.32 Å². The molecule has 0 aromatic heterocycles. The zero-order chi connectivity index (χ0) is 15.0. The summed E-state index contributed by atoms with van der Waals surface area (Å²) >= 11 is 1.64. The van der Waals surface area contributed by atoms with E-state index in [4.69, 9.17) is 5.73 Å². The van der Waals surface area contributed by atoms with Gasteiger partial charge in [-0.1, -0.05) is 18.2 Å². The zero-order valence-corrected chi connectivity index (χ0v) is 13.9. The molecule has 0 fully saturated rings. The molecule has 0 aliphatic carbocycles. The number of amides is 2. The molecule has 1 aromatic carbocycles. The third-order valence-corrected chi connectivity index (χ3v) is 3.41. The highest BCUT2D eigenvalue weighted by Crippen LogP contribution is 2.05. The van der Waals surface area contributed by atoms with Crippen molar-refractivity contribution in [1.82, 2.24) is 4.90 Å². The molecule has 118 valence electrons. The first-order chi connectivity index (χ1) is 9.54. The molecule has 1 atom stereocenters. The van der Waals surface area contributed by atoms with Crippen LogP contribution in [0.3, 0.4) is 0 Å². The molecule has 0 saturated carbocycles. The van der Waals surface area contributed by atoms with Crippen LogP contribution in [-0.4, -0.2) is 48.4 Å². The maximum absolute atomic E-state index is 11.9. The van der Waals surface area contributed by atoms with Crippen LogP contribution in [0.1, 0.15) is 6.42 Å². The van der Waals surface area contributed by atoms with Crippen LogP contribution in [0.25, 0.3) is 0 Å². The molecule has 1 aromatic rings. The number of carbonyl (C=O) groups is 2. The first-order valence-electron chi connectivity index (χ1n) is 6.39. The lowest BCUT2D eigenvalue weighted by molar-refractivity contribution is -0.134. The van der Waals surface area contributed by atoms with Gasteiger partial charge in [-0.2, -0.15) is 11.8 Å². The summed E-state index contributed by atoms with van der Waals surface area (Å²) in [6, 6.07) is 8.59. The number of hydrogen-bond acceptors (Lipinski definition) is 4. The van der Waals surface area contributed by atoms with Gasteiger partial charge in [0.25, 0.3) is 0 Å². The van der Waals surface area contributed by atoms with E-state index in [1.165, 1.54) is 4.90 Å². The van der Waals surface area contributed by atoms with E-state index >= 15 is 0 Å². The van der Waals surface area contributed by atoms with Crippen molar-refractivity contribution in [2.75, 3.05) is 30.9 Å². The monoisotopic (exact) mass is 331 g/mol. The van der Waals surface area contributed by atoms with Crippen LogP contribution in [0.5, 0.6) is 0 Å². The Morgan fingerprint density at radius 2 is 1.95 bits per heavy atom. The van der Waals surface area contributed by atoms with E-state index in [1.54, 1.807) is 30.9 Å². The average Bonchev–Trinajstić information content (AvgIpc) is 2.44. The molecule has 0 spiro atoms. The molecule has 0 bridgehead atoms. The van der Waals surface area contributed by atoms with Crippen molar-refractivity contribution in [3.05, 3.63) is 30.3 Å². The fourth-order valence-corrected chi connectivity index (χ4v) is 2.16. The molecular formula is C14H22ClN3O2S. The summed E-state index contributed by atoms with van der Waals surface area (Å²) in [7, 11) is 1.59. The number of rotatable bonds is 7. The van der Waals surface area contributed by atoms with Crippen molar-refractivity contribution in [2.45, 2.75) is 12.5 Å². The number of para-hydroxylation sites is 1. The Labute approximate surface area is 136 Å². The van der Waals surface area contributed by atoms with Gasteiger partial charge < -0.3 is 16.0 Å². The van der Waals surface area contributed by atoms with Gasteiger partial charge in [-0.15, -0.1) is 12.4 Å². The first-order valence-corrected chi connectivity index (χ1v) is 7.78. The molecule has 0 aliphatic heterocycles. The van der Waals surface area contributed by atoms with Gasteiger partial charge in [0.2, 0.25) is 11.8 Å². The minimum absolute atomic E-state index is 0. The lowest BCUT2D eigenvalue weighted by atomic mass is 10.2. The second kappa shape index (κ2) is 10.5. The Morgan fingerprint density at radius 1 is 1.33 bits per heavy atom. The van der Waals surface area contributed by atoms with E-state index in [1.807, 2.05) is 24.5 Å². The minimum Gasteiger partial charge on any atom is -0.335 e. The predicted molar refractivity (Wildman–Crippen MR) is 90.9 cm³/mol. The van der Waals surface area contributed by atoms with Gasteiger partial charge >= 0.3 is 0 Å². The standard InChI is InChI=1S/C14H21N3O2S.ClH/c1-17(14(19)12(15)8-9-20-2)10-13(18)16-11-6-4-3-5-7-11;/h3-7,12H,8-10,15H2,1-2H3,(H,16,18);1H/t12-;/m0./s1. The van der Waals surface area contributed by atoms with Gasteiger partial charge in [0.15, 0.2) is 0 Å². The minimum atomic E-state index is -0.544. The van der Waals surface area contributed by atoms with E-state index in [-0.39, 0.29) is 30.8 Å². The number of hydrogen-bond donors (Lipinski definition) is 2. The van der Waals surface area contributed by atoms with Gasteiger partial charge in [0, 0.05) is 12.7 Å². The van der Waals surface area contributed by atoms with Crippen LogP contribution in [0.2, 0.25) is 0 Å². The summed E-state index contributed by atoms with van der Waals surface area (Å²) in [5.41, 5.74) is 6.51. The molecular weight excluding hydrogens is 310 g/mol. The smallest absolute Gasteiger partial charge is 0.243 e. The Hall–Kier alpha value is -1.24. The Kier molecular flexibility index (Phi) is 9.86. The lowest BCUT2D eigenvalue weighted by Gasteiger charge is -2.20. The topological polar surface area (TPSA) is 75.4 Å². The number of carbonyl (C=O) groups excluding carboxylic acids is 2. The van der Waals surface area contributed by atoms with Crippen molar-refractivity contribution in [3.63, 3.8) is 0 Å². The number of nitrogens with zero attached hydrogens (tertiary/aromatic N) is 1. The second-order valence-electron chi connectivity index (χ2n) is 4.50. The van der Waals surface area contributed by atoms with Crippen molar-refractivity contribution in [2.24, 2.45) is 5.73 Å². The number of anilines is 1. The van der Waals surface area contributed by atoms with Crippen molar-refractivity contribution in [1.29, 1.82) is 0 Å². The van der Waals surface area contributed by atoms with E-state index in [0.717, 1.165) is 5.75 Å². The van der Waals surface area contributed by atoms with Crippen molar-refractivity contribution < 1.29 is 9.59 Å². The van der Waals surface area contributed by atoms with Gasteiger partial charge in [0.05, 0.1) is 12.6 Å².